The molecule has 0 amide bonds. The van der Waals surface area contributed by atoms with Crippen molar-refractivity contribution in [3.05, 3.63) is 67.6 Å². The number of benzene rings is 2. The Bertz CT molecular complexity index is 569. The number of halogens is 3. The SMILES string of the molecule is CCCNC(c1ccc(Cl)cc1)c1cc(Br)ccc1Br. The molecule has 0 aliphatic carbocycles. The second kappa shape index (κ2) is 7.60. The average molecular weight is 418 g/mol. The van der Waals surface area contributed by atoms with Gasteiger partial charge in [-0.25, -0.2) is 0 Å². The van der Waals surface area contributed by atoms with Crippen LogP contribution in [0.5, 0.6) is 0 Å². The van der Waals surface area contributed by atoms with Gasteiger partial charge in [-0.1, -0.05) is 62.5 Å². The first-order chi connectivity index (χ1) is 9.61. The van der Waals surface area contributed by atoms with Gasteiger partial charge in [0.25, 0.3) is 0 Å². The van der Waals surface area contributed by atoms with E-state index in [0.717, 1.165) is 26.9 Å². The van der Waals surface area contributed by atoms with Crippen LogP contribution in [0, 0.1) is 0 Å². The predicted octanol–water partition coefficient (Wildman–Crippen LogP) is 5.95. The summed E-state index contributed by atoms with van der Waals surface area (Å²) in [5, 5.41) is 4.36. The van der Waals surface area contributed by atoms with Crippen molar-refractivity contribution in [3.63, 3.8) is 0 Å². The summed E-state index contributed by atoms with van der Waals surface area (Å²) in [6.45, 7) is 3.13. The third-order valence-corrected chi connectivity index (χ3v) is 4.54. The highest BCUT2D eigenvalue weighted by atomic mass is 79.9. The number of rotatable bonds is 5. The van der Waals surface area contributed by atoms with Crippen molar-refractivity contribution in [2.75, 3.05) is 6.54 Å². The van der Waals surface area contributed by atoms with E-state index in [4.69, 9.17) is 11.6 Å². The lowest BCUT2D eigenvalue weighted by Crippen LogP contribution is -2.23. The van der Waals surface area contributed by atoms with Crippen molar-refractivity contribution in [2.45, 2.75) is 19.4 Å². The minimum atomic E-state index is 0.152. The fraction of sp³-hybridized carbons (Fsp3) is 0.250. The van der Waals surface area contributed by atoms with Gasteiger partial charge in [0, 0.05) is 14.0 Å². The lowest BCUT2D eigenvalue weighted by atomic mass is 9.98. The molecular weight excluding hydrogens is 401 g/mol. The third kappa shape index (κ3) is 4.08. The third-order valence-electron chi connectivity index (χ3n) is 3.07. The molecule has 2 aromatic carbocycles. The van der Waals surface area contributed by atoms with Crippen LogP contribution < -0.4 is 5.32 Å². The van der Waals surface area contributed by atoms with Crippen LogP contribution in [-0.2, 0) is 0 Å². The summed E-state index contributed by atoms with van der Waals surface area (Å²) < 4.78 is 2.18. The van der Waals surface area contributed by atoms with E-state index in [1.165, 1.54) is 11.1 Å². The first kappa shape index (κ1) is 16.0. The van der Waals surface area contributed by atoms with Crippen molar-refractivity contribution < 1.29 is 0 Å². The number of hydrogen-bond acceptors (Lipinski definition) is 1. The van der Waals surface area contributed by atoms with Gasteiger partial charge in [-0.05, 0) is 54.4 Å². The maximum absolute atomic E-state index is 5.99. The quantitative estimate of drug-likeness (QED) is 0.633. The normalized spacial score (nSPS) is 12.4. The van der Waals surface area contributed by atoms with E-state index >= 15 is 0 Å². The van der Waals surface area contributed by atoms with Gasteiger partial charge in [0.1, 0.15) is 0 Å². The van der Waals surface area contributed by atoms with Crippen LogP contribution in [0.4, 0.5) is 0 Å². The summed E-state index contributed by atoms with van der Waals surface area (Å²) in [5.74, 6) is 0. The monoisotopic (exact) mass is 415 g/mol. The molecule has 0 aliphatic rings. The van der Waals surface area contributed by atoms with Gasteiger partial charge in [-0.3, -0.25) is 0 Å². The van der Waals surface area contributed by atoms with Gasteiger partial charge in [0.15, 0.2) is 0 Å². The number of hydrogen-bond donors (Lipinski definition) is 1. The molecule has 0 spiro atoms. The van der Waals surface area contributed by atoms with Crippen LogP contribution in [0.1, 0.15) is 30.5 Å². The van der Waals surface area contributed by atoms with Crippen molar-refractivity contribution in [1.29, 1.82) is 0 Å². The van der Waals surface area contributed by atoms with E-state index in [1.54, 1.807) is 0 Å². The summed E-state index contributed by atoms with van der Waals surface area (Å²) in [4.78, 5) is 0. The van der Waals surface area contributed by atoms with Crippen LogP contribution in [0.15, 0.2) is 51.4 Å². The first-order valence-corrected chi connectivity index (χ1v) is 8.52. The molecule has 0 bridgehead atoms. The van der Waals surface area contributed by atoms with Gasteiger partial charge < -0.3 is 5.32 Å². The Morgan fingerprint density at radius 3 is 2.45 bits per heavy atom. The fourth-order valence-corrected chi connectivity index (χ4v) is 3.07. The Morgan fingerprint density at radius 1 is 1.10 bits per heavy atom. The summed E-state index contributed by atoms with van der Waals surface area (Å²) >= 11 is 13.2. The molecule has 106 valence electrons. The molecule has 20 heavy (non-hydrogen) atoms. The standard InChI is InChI=1S/C16H16Br2ClN/c1-2-9-20-16(11-3-6-13(19)7-4-11)14-10-12(17)5-8-15(14)18/h3-8,10,16,20H,2,9H2,1H3. The summed E-state index contributed by atoms with van der Waals surface area (Å²) in [6, 6.07) is 14.4. The van der Waals surface area contributed by atoms with Crippen molar-refractivity contribution in [3.8, 4) is 0 Å². The highest BCUT2D eigenvalue weighted by Crippen LogP contribution is 2.31. The highest BCUT2D eigenvalue weighted by molar-refractivity contribution is 9.11. The molecule has 2 aromatic rings. The molecule has 2 rings (SSSR count). The minimum Gasteiger partial charge on any atom is -0.306 e. The molecule has 1 atom stereocenters. The smallest absolute Gasteiger partial charge is 0.0588 e. The van der Waals surface area contributed by atoms with E-state index in [2.05, 4.69) is 68.4 Å². The summed E-state index contributed by atoms with van der Waals surface area (Å²) in [5.41, 5.74) is 2.43. The zero-order valence-corrected chi connectivity index (χ0v) is 15.1. The predicted molar refractivity (Wildman–Crippen MR) is 93.4 cm³/mol. The molecule has 4 heteroatoms. The van der Waals surface area contributed by atoms with Gasteiger partial charge >= 0.3 is 0 Å². The molecule has 0 saturated carbocycles. The minimum absolute atomic E-state index is 0.152. The average Bonchev–Trinajstić information content (AvgIpc) is 2.44. The molecule has 1 N–H and O–H groups in total. The van der Waals surface area contributed by atoms with Gasteiger partial charge in [-0.15, -0.1) is 0 Å². The molecule has 0 aliphatic heterocycles. The Balaban J connectivity index is 2.41. The van der Waals surface area contributed by atoms with E-state index in [1.807, 2.05) is 18.2 Å². The van der Waals surface area contributed by atoms with Crippen LogP contribution in [-0.4, -0.2) is 6.54 Å². The first-order valence-electron chi connectivity index (χ1n) is 6.55. The van der Waals surface area contributed by atoms with Crippen LogP contribution >= 0.6 is 43.5 Å². The lowest BCUT2D eigenvalue weighted by molar-refractivity contribution is 0.597. The molecule has 0 radical (unpaired) electrons. The molecule has 0 saturated heterocycles. The van der Waals surface area contributed by atoms with E-state index in [-0.39, 0.29) is 6.04 Å². The molecule has 0 fully saturated rings. The Hall–Kier alpha value is -0.350. The highest BCUT2D eigenvalue weighted by Gasteiger charge is 2.16. The second-order valence-electron chi connectivity index (χ2n) is 4.60. The maximum Gasteiger partial charge on any atom is 0.0588 e. The lowest BCUT2D eigenvalue weighted by Gasteiger charge is -2.21. The zero-order valence-electron chi connectivity index (χ0n) is 11.2. The van der Waals surface area contributed by atoms with Crippen LogP contribution in [0.25, 0.3) is 0 Å². The molecule has 0 heterocycles. The summed E-state index contributed by atoms with van der Waals surface area (Å²) in [6.07, 6.45) is 1.09. The molecule has 1 nitrogen and oxygen atoms in total. The molecule has 0 aromatic heterocycles. The van der Waals surface area contributed by atoms with E-state index in [9.17, 15) is 0 Å². The topological polar surface area (TPSA) is 12.0 Å². The molecular formula is C16H16Br2ClN. The second-order valence-corrected chi connectivity index (χ2v) is 6.81. The summed E-state index contributed by atoms with van der Waals surface area (Å²) in [7, 11) is 0. The Kier molecular flexibility index (Phi) is 6.09. The van der Waals surface area contributed by atoms with Gasteiger partial charge in [-0.2, -0.15) is 0 Å². The van der Waals surface area contributed by atoms with Crippen LogP contribution in [0.2, 0.25) is 5.02 Å². The number of nitrogens with one attached hydrogen (secondary N) is 1. The Morgan fingerprint density at radius 2 is 1.80 bits per heavy atom. The zero-order chi connectivity index (χ0) is 14.5. The van der Waals surface area contributed by atoms with Crippen molar-refractivity contribution >= 4 is 43.5 Å². The maximum atomic E-state index is 5.99. The Labute approximate surface area is 142 Å². The van der Waals surface area contributed by atoms with Gasteiger partial charge in [0.05, 0.1) is 6.04 Å². The molecule has 1 unspecified atom stereocenters. The van der Waals surface area contributed by atoms with Gasteiger partial charge in [0.2, 0.25) is 0 Å². The van der Waals surface area contributed by atoms with Crippen molar-refractivity contribution in [1.82, 2.24) is 5.32 Å². The van der Waals surface area contributed by atoms with E-state index in [0.29, 0.717) is 0 Å². The van der Waals surface area contributed by atoms with E-state index < -0.39 is 0 Å². The largest absolute Gasteiger partial charge is 0.306 e. The van der Waals surface area contributed by atoms with Crippen molar-refractivity contribution in [2.24, 2.45) is 0 Å². The fourth-order valence-electron chi connectivity index (χ4n) is 2.09. The van der Waals surface area contributed by atoms with Crippen LogP contribution in [0.3, 0.4) is 0 Å².